The third-order valence-corrected chi connectivity index (χ3v) is 2.85. The molecule has 1 aromatic heterocycles. The van der Waals surface area contributed by atoms with Crippen molar-refractivity contribution in [3.63, 3.8) is 0 Å². The van der Waals surface area contributed by atoms with Crippen LogP contribution in [0.25, 0.3) is 11.4 Å². The SMILES string of the molecule is CC(=O)C(C)c1nc(-c2ccc(C)c(F)c2)no1. The van der Waals surface area contributed by atoms with Crippen LogP contribution in [-0.2, 0) is 4.79 Å². The topological polar surface area (TPSA) is 56.0 Å². The number of carbonyl (C=O) groups is 1. The number of aromatic nitrogens is 2. The number of hydrogen-bond donors (Lipinski definition) is 0. The van der Waals surface area contributed by atoms with E-state index in [4.69, 9.17) is 4.52 Å². The highest BCUT2D eigenvalue weighted by molar-refractivity contribution is 5.81. The zero-order valence-corrected chi connectivity index (χ0v) is 10.4. The second-order valence-electron chi connectivity index (χ2n) is 4.25. The van der Waals surface area contributed by atoms with Crippen molar-refractivity contribution in [3.8, 4) is 11.4 Å². The Bertz CT molecular complexity index is 592. The summed E-state index contributed by atoms with van der Waals surface area (Å²) in [6.07, 6.45) is 0. The lowest BCUT2D eigenvalue weighted by molar-refractivity contribution is -0.118. The van der Waals surface area contributed by atoms with E-state index in [2.05, 4.69) is 10.1 Å². The molecule has 18 heavy (non-hydrogen) atoms. The third kappa shape index (κ3) is 2.30. The van der Waals surface area contributed by atoms with Gasteiger partial charge in [0.15, 0.2) is 0 Å². The normalized spacial score (nSPS) is 12.4. The Kier molecular flexibility index (Phi) is 3.23. The molecule has 2 aromatic rings. The molecule has 0 spiro atoms. The van der Waals surface area contributed by atoms with Crippen LogP contribution in [0.5, 0.6) is 0 Å². The number of nitrogens with zero attached hydrogens (tertiary/aromatic N) is 2. The Morgan fingerprint density at radius 3 is 2.78 bits per heavy atom. The van der Waals surface area contributed by atoms with Gasteiger partial charge >= 0.3 is 0 Å². The van der Waals surface area contributed by atoms with Crippen LogP contribution < -0.4 is 0 Å². The molecule has 0 aliphatic carbocycles. The zero-order chi connectivity index (χ0) is 13.3. The van der Waals surface area contributed by atoms with Crippen LogP contribution in [0.15, 0.2) is 22.7 Å². The molecule has 1 heterocycles. The highest BCUT2D eigenvalue weighted by Crippen LogP contribution is 2.21. The first-order chi connectivity index (χ1) is 8.49. The maximum atomic E-state index is 13.4. The Balaban J connectivity index is 2.35. The summed E-state index contributed by atoms with van der Waals surface area (Å²) >= 11 is 0. The van der Waals surface area contributed by atoms with Crippen molar-refractivity contribution >= 4 is 5.78 Å². The predicted molar refractivity (Wildman–Crippen MR) is 63.5 cm³/mol. The molecule has 0 saturated carbocycles. The molecule has 4 nitrogen and oxygen atoms in total. The molecule has 0 amide bonds. The lowest BCUT2D eigenvalue weighted by Crippen LogP contribution is -2.04. The Morgan fingerprint density at radius 1 is 1.44 bits per heavy atom. The quantitative estimate of drug-likeness (QED) is 0.838. The number of halogens is 1. The van der Waals surface area contributed by atoms with E-state index in [9.17, 15) is 9.18 Å². The highest BCUT2D eigenvalue weighted by Gasteiger charge is 2.19. The molecule has 94 valence electrons. The van der Waals surface area contributed by atoms with Crippen LogP contribution in [-0.4, -0.2) is 15.9 Å². The molecule has 0 radical (unpaired) electrons. The average Bonchev–Trinajstić information content (AvgIpc) is 2.81. The summed E-state index contributed by atoms with van der Waals surface area (Å²) in [7, 11) is 0. The van der Waals surface area contributed by atoms with Crippen LogP contribution in [0.1, 0.15) is 31.2 Å². The molecule has 1 atom stereocenters. The molecule has 2 rings (SSSR count). The monoisotopic (exact) mass is 248 g/mol. The van der Waals surface area contributed by atoms with E-state index in [0.717, 1.165) is 0 Å². The first kappa shape index (κ1) is 12.4. The minimum absolute atomic E-state index is 0.0553. The summed E-state index contributed by atoms with van der Waals surface area (Å²) in [6.45, 7) is 4.83. The van der Waals surface area contributed by atoms with Gasteiger partial charge in [-0.2, -0.15) is 4.98 Å². The first-order valence-electron chi connectivity index (χ1n) is 5.59. The maximum Gasteiger partial charge on any atom is 0.237 e. The average molecular weight is 248 g/mol. The first-order valence-corrected chi connectivity index (χ1v) is 5.59. The summed E-state index contributed by atoms with van der Waals surface area (Å²) < 4.78 is 18.4. The van der Waals surface area contributed by atoms with Gasteiger partial charge in [-0.15, -0.1) is 0 Å². The number of rotatable bonds is 3. The van der Waals surface area contributed by atoms with E-state index >= 15 is 0 Å². The fourth-order valence-corrected chi connectivity index (χ4v) is 1.43. The molecule has 1 aromatic carbocycles. The van der Waals surface area contributed by atoms with Crippen LogP contribution in [0, 0.1) is 12.7 Å². The molecular formula is C13H13FN2O2. The third-order valence-electron chi connectivity index (χ3n) is 2.85. The second-order valence-corrected chi connectivity index (χ2v) is 4.25. The van der Waals surface area contributed by atoms with Gasteiger partial charge in [0.1, 0.15) is 11.6 Å². The van der Waals surface area contributed by atoms with Crippen LogP contribution in [0.4, 0.5) is 4.39 Å². The number of carbonyl (C=O) groups excluding carboxylic acids is 1. The molecule has 0 aliphatic rings. The van der Waals surface area contributed by atoms with Gasteiger partial charge in [-0.1, -0.05) is 17.3 Å². The number of benzene rings is 1. The number of ketones is 1. The number of aryl methyl sites for hydroxylation is 1. The van der Waals surface area contributed by atoms with Crippen molar-refractivity contribution < 1.29 is 13.7 Å². The number of Topliss-reactive ketones (excluding diaryl/α,β-unsaturated/α-hetero) is 1. The van der Waals surface area contributed by atoms with Gasteiger partial charge in [0.05, 0.1) is 5.92 Å². The lowest BCUT2D eigenvalue weighted by Gasteiger charge is -1.99. The Labute approximate surface area is 104 Å². The zero-order valence-electron chi connectivity index (χ0n) is 10.4. The molecular weight excluding hydrogens is 235 g/mol. The van der Waals surface area contributed by atoms with Gasteiger partial charge in [-0.05, 0) is 32.4 Å². The number of hydrogen-bond acceptors (Lipinski definition) is 4. The molecule has 0 saturated heterocycles. The van der Waals surface area contributed by atoms with E-state index in [1.807, 2.05) is 0 Å². The minimum Gasteiger partial charge on any atom is -0.338 e. The van der Waals surface area contributed by atoms with Crippen molar-refractivity contribution in [2.75, 3.05) is 0 Å². The molecule has 0 fully saturated rings. The van der Waals surface area contributed by atoms with Crippen molar-refractivity contribution in [2.24, 2.45) is 0 Å². The molecule has 0 N–H and O–H groups in total. The smallest absolute Gasteiger partial charge is 0.237 e. The van der Waals surface area contributed by atoms with Crippen molar-refractivity contribution in [1.82, 2.24) is 10.1 Å². The van der Waals surface area contributed by atoms with Gasteiger partial charge in [0.2, 0.25) is 11.7 Å². The predicted octanol–water partition coefficient (Wildman–Crippen LogP) is 2.88. The van der Waals surface area contributed by atoms with Gasteiger partial charge in [0.25, 0.3) is 0 Å². The van der Waals surface area contributed by atoms with Crippen LogP contribution in [0.2, 0.25) is 0 Å². The van der Waals surface area contributed by atoms with Crippen LogP contribution in [0.3, 0.4) is 0 Å². The minimum atomic E-state index is -0.443. The van der Waals surface area contributed by atoms with Gasteiger partial charge in [-0.25, -0.2) is 4.39 Å². The van der Waals surface area contributed by atoms with E-state index in [1.165, 1.54) is 13.0 Å². The lowest BCUT2D eigenvalue weighted by atomic mass is 10.1. The van der Waals surface area contributed by atoms with E-state index < -0.39 is 5.92 Å². The van der Waals surface area contributed by atoms with E-state index in [-0.39, 0.29) is 23.3 Å². The fourth-order valence-electron chi connectivity index (χ4n) is 1.43. The van der Waals surface area contributed by atoms with Gasteiger partial charge in [0, 0.05) is 5.56 Å². The van der Waals surface area contributed by atoms with Gasteiger partial charge in [-0.3, -0.25) is 4.79 Å². The fraction of sp³-hybridized carbons (Fsp3) is 0.308. The van der Waals surface area contributed by atoms with Gasteiger partial charge < -0.3 is 4.52 Å². The molecule has 0 bridgehead atoms. The van der Waals surface area contributed by atoms with Crippen molar-refractivity contribution in [1.29, 1.82) is 0 Å². The standard InChI is InChI=1S/C13H13FN2O2/c1-7-4-5-10(6-11(7)14)12-15-13(18-16-12)8(2)9(3)17/h4-6,8H,1-3H3. The molecule has 1 unspecified atom stereocenters. The summed E-state index contributed by atoms with van der Waals surface area (Å²) in [4.78, 5) is 15.3. The van der Waals surface area contributed by atoms with Crippen molar-refractivity contribution in [3.05, 3.63) is 35.5 Å². The second kappa shape index (κ2) is 4.68. The highest BCUT2D eigenvalue weighted by atomic mass is 19.1. The van der Waals surface area contributed by atoms with Crippen molar-refractivity contribution in [2.45, 2.75) is 26.7 Å². The Hall–Kier alpha value is -2.04. The summed E-state index contributed by atoms with van der Waals surface area (Å²) in [5.41, 5.74) is 1.09. The summed E-state index contributed by atoms with van der Waals surface area (Å²) in [6, 6.07) is 4.71. The van der Waals surface area contributed by atoms with E-state index in [1.54, 1.807) is 26.0 Å². The molecule has 0 aliphatic heterocycles. The summed E-state index contributed by atoms with van der Waals surface area (Å²) in [5.74, 6) is -0.282. The summed E-state index contributed by atoms with van der Waals surface area (Å²) in [5, 5.41) is 3.76. The maximum absolute atomic E-state index is 13.4. The Morgan fingerprint density at radius 2 is 2.17 bits per heavy atom. The largest absolute Gasteiger partial charge is 0.338 e. The van der Waals surface area contributed by atoms with E-state index in [0.29, 0.717) is 11.1 Å². The van der Waals surface area contributed by atoms with Crippen LogP contribution >= 0.6 is 0 Å². The molecule has 5 heteroatoms.